The van der Waals surface area contributed by atoms with Gasteiger partial charge >= 0.3 is 5.97 Å². The van der Waals surface area contributed by atoms with E-state index in [9.17, 15) is 9.59 Å². The lowest BCUT2D eigenvalue weighted by molar-refractivity contribution is -0.120. The molecule has 0 unspecified atom stereocenters. The standard InChI is InChI=1S/C20H22BrN3O3/c1-2-27-20(26)17-4-3-11-22-18(17)24-12-9-14(10-13-24)19(25)23-16-7-5-15(21)6-8-16/h3-8,11,14H,2,9-10,12-13H2,1H3,(H,23,25). The van der Waals surface area contributed by atoms with Crippen LogP contribution in [0.15, 0.2) is 47.1 Å². The van der Waals surface area contributed by atoms with Crippen LogP contribution in [0, 0.1) is 5.92 Å². The highest BCUT2D eigenvalue weighted by Crippen LogP contribution is 2.26. The molecule has 0 spiro atoms. The van der Waals surface area contributed by atoms with Crippen LogP contribution in [-0.4, -0.2) is 36.6 Å². The molecule has 1 aromatic heterocycles. The average molecular weight is 432 g/mol. The molecule has 1 aliphatic heterocycles. The number of rotatable bonds is 5. The lowest BCUT2D eigenvalue weighted by Crippen LogP contribution is -2.39. The monoisotopic (exact) mass is 431 g/mol. The van der Waals surface area contributed by atoms with Crippen LogP contribution < -0.4 is 10.2 Å². The van der Waals surface area contributed by atoms with Gasteiger partial charge in [-0.25, -0.2) is 9.78 Å². The van der Waals surface area contributed by atoms with Crippen LogP contribution in [0.25, 0.3) is 0 Å². The van der Waals surface area contributed by atoms with Crippen molar-refractivity contribution in [3.8, 4) is 0 Å². The predicted octanol–water partition coefficient (Wildman–Crippen LogP) is 3.88. The lowest BCUT2D eigenvalue weighted by atomic mass is 9.95. The van der Waals surface area contributed by atoms with E-state index in [1.807, 2.05) is 24.3 Å². The number of anilines is 2. The van der Waals surface area contributed by atoms with Crippen LogP contribution in [0.1, 0.15) is 30.1 Å². The summed E-state index contributed by atoms with van der Waals surface area (Å²) in [6, 6.07) is 11.0. The van der Waals surface area contributed by atoms with Crippen LogP contribution >= 0.6 is 15.9 Å². The quantitative estimate of drug-likeness (QED) is 0.727. The van der Waals surface area contributed by atoms with Gasteiger partial charge in [-0.1, -0.05) is 15.9 Å². The highest BCUT2D eigenvalue weighted by atomic mass is 79.9. The molecule has 27 heavy (non-hydrogen) atoms. The predicted molar refractivity (Wildman–Crippen MR) is 108 cm³/mol. The fraction of sp³-hybridized carbons (Fsp3) is 0.350. The number of carbonyl (C=O) groups is 2. The molecule has 0 aliphatic carbocycles. The molecule has 1 amide bonds. The Kier molecular flexibility index (Phi) is 6.45. The molecule has 1 N–H and O–H groups in total. The van der Waals surface area contributed by atoms with Crippen molar-refractivity contribution < 1.29 is 14.3 Å². The summed E-state index contributed by atoms with van der Waals surface area (Å²) in [6.07, 6.45) is 3.09. The fourth-order valence-electron chi connectivity index (χ4n) is 3.15. The van der Waals surface area contributed by atoms with E-state index in [2.05, 4.69) is 31.1 Å². The molecule has 1 saturated heterocycles. The van der Waals surface area contributed by atoms with Gasteiger partial charge in [-0.15, -0.1) is 0 Å². The van der Waals surface area contributed by atoms with Crippen LogP contribution in [0.2, 0.25) is 0 Å². The minimum Gasteiger partial charge on any atom is -0.462 e. The Morgan fingerprint density at radius 1 is 1.22 bits per heavy atom. The van der Waals surface area contributed by atoms with E-state index >= 15 is 0 Å². The van der Waals surface area contributed by atoms with Crippen LogP contribution in [0.4, 0.5) is 11.5 Å². The maximum absolute atomic E-state index is 12.5. The van der Waals surface area contributed by atoms with Gasteiger partial charge in [0.2, 0.25) is 5.91 Å². The second kappa shape index (κ2) is 8.99. The van der Waals surface area contributed by atoms with Crippen LogP contribution in [0.3, 0.4) is 0 Å². The summed E-state index contributed by atoms with van der Waals surface area (Å²) >= 11 is 3.39. The Labute approximate surface area is 167 Å². The molecule has 6 nitrogen and oxygen atoms in total. The summed E-state index contributed by atoms with van der Waals surface area (Å²) in [5.41, 5.74) is 1.26. The third kappa shape index (κ3) is 4.86. The molecule has 2 heterocycles. The summed E-state index contributed by atoms with van der Waals surface area (Å²) in [5.74, 6) is 0.238. The van der Waals surface area contributed by atoms with Crippen molar-refractivity contribution in [3.05, 3.63) is 52.6 Å². The maximum atomic E-state index is 12.5. The van der Waals surface area contributed by atoms with E-state index < -0.39 is 0 Å². The van der Waals surface area contributed by atoms with Crippen LogP contribution in [-0.2, 0) is 9.53 Å². The minimum atomic E-state index is -0.365. The summed E-state index contributed by atoms with van der Waals surface area (Å²) in [7, 11) is 0. The highest BCUT2D eigenvalue weighted by molar-refractivity contribution is 9.10. The van der Waals surface area contributed by atoms with Crippen molar-refractivity contribution in [1.29, 1.82) is 0 Å². The molecule has 0 radical (unpaired) electrons. The van der Waals surface area contributed by atoms with Crippen molar-refractivity contribution in [1.82, 2.24) is 4.98 Å². The first kappa shape index (κ1) is 19.4. The van der Waals surface area contributed by atoms with E-state index in [0.717, 1.165) is 10.2 Å². The smallest absolute Gasteiger partial charge is 0.341 e. The molecule has 1 fully saturated rings. The van der Waals surface area contributed by atoms with Crippen LogP contribution in [0.5, 0.6) is 0 Å². The number of amides is 1. The molecule has 142 valence electrons. The number of carbonyl (C=O) groups excluding carboxylic acids is 2. The number of hydrogen-bond donors (Lipinski definition) is 1. The van der Waals surface area contributed by atoms with E-state index in [1.165, 1.54) is 0 Å². The summed E-state index contributed by atoms with van der Waals surface area (Å²) < 4.78 is 6.09. The topological polar surface area (TPSA) is 71.5 Å². The molecule has 3 rings (SSSR count). The molecular weight excluding hydrogens is 410 g/mol. The Balaban J connectivity index is 1.61. The Morgan fingerprint density at radius 3 is 2.59 bits per heavy atom. The normalized spacial score (nSPS) is 14.7. The molecule has 0 atom stereocenters. The molecule has 0 saturated carbocycles. The molecule has 7 heteroatoms. The third-order valence-corrected chi connectivity index (χ3v) is 5.09. The van der Waals surface area contributed by atoms with Gasteiger partial charge in [0.15, 0.2) is 0 Å². The van der Waals surface area contributed by atoms with E-state index in [-0.39, 0.29) is 17.8 Å². The Morgan fingerprint density at radius 2 is 1.93 bits per heavy atom. The van der Waals surface area contributed by atoms with Gasteiger partial charge in [0.05, 0.1) is 6.61 Å². The number of esters is 1. The van der Waals surface area contributed by atoms with Crippen molar-refractivity contribution in [2.75, 3.05) is 29.9 Å². The molecule has 2 aromatic rings. The van der Waals surface area contributed by atoms with Crippen molar-refractivity contribution in [3.63, 3.8) is 0 Å². The van der Waals surface area contributed by atoms with E-state index in [0.29, 0.717) is 43.9 Å². The van der Waals surface area contributed by atoms with Gasteiger partial charge in [-0.2, -0.15) is 0 Å². The van der Waals surface area contributed by atoms with E-state index in [4.69, 9.17) is 4.74 Å². The number of ether oxygens (including phenoxy) is 1. The first-order valence-electron chi connectivity index (χ1n) is 9.02. The molecular formula is C20H22BrN3O3. The number of pyridine rings is 1. The number of aromatic nitrogens is 1. The SMILES string of the molecule is CCOC(=O)c1cccnc1N1CCC(C(=O)Nc2ccc(Br)cc2)CC1. The summed E-state index contributed by atoms with van der Waals surface area (Å²) in [5, 5.41) is 2.97. The van der Waals surface area contributed by atoms with Gasteiger partial charge < -0.3 is 15.0 Å². The van der Waals surface area contributed by atoms with Gasteiger partial charge in [0, 0.05) is 35.4 Å². The van der Waals surface area contributed by atoms with Gasteiger partial charge in [-0.05, 0) is 56.2 Å². The number of halogens is 1. The Hall–Kier alpha value is -2.41. The van der Waals surface area contributed by atoms with Gasteiger partial charge in [0.25, 0.3) is 0 Å². The van der Waals surface area contributed by atoms with Crippen molar-refractivity contribution >= 4 is 39.3 Å². The fourth-order valence-corrected chi connectivity index (χ4v) is 3.41. The highest BCUT2D eigenvalue weighted by Gasteiger charge is 2.28. The largest absolute Gasteiger partial charge is 0.462 e. The number of piperidine rings is 1. The zero-order valence-corrected chi connectivity index (χ0v) is 16.7. The molecule has 0 bridgehead atoms. The first-order chi connectivity index (χ1) is 13.1. The summed E-state index contributed by atoms with van der Waals surface area (Å²) in [4.78, 5) is 31.1. The van der Waals surface area contributed by atoms with Crippen molar-refractivity contribution in [2.24, 2.45) is 5.92 Å². The summed E-state index contributed by atoms with van der Waals surface area (Å²) in [6.45, 7) is 3.44. The second-order valence-corrected chi connectivity index (χ2v) is 7.27. The zero-order chi connectivity index (χ0) is 19.2. The first-order valence-corrected chi connectivity index (χ1v) is 9.81. The van der Waals surface area contributed by atoms with Crippen molar-refractivity contribution in [2.45, 2.75) is 19.8 Å². The molecule has 1 aliphatic rings. The minimum absolute atomic E-state index is 0.0311. The number of nitrogens with zero attached hydrogens (tertiary/aromatic N) is 2. The maximum Gasteiger partial charge on any atom is 0.341 e. The lowest BCUT2D eigenvalue weighted by Gasteiger charge is -2.32. The Bertz CT molecular complexity index is 802. The number of nitrogens with one attached hydrogen (secondary N) is 1. The van der Waals surface area contributed by atoms with Gasteiger partial charge in [0.1, 0.15) is 11.4 Å². The number of hydrogen-bond acceptors (Lipinski definition) is 5. The number of benzene rings is 1. The van der Waals surface area contributed by atoms with Gasteiger partial charge in [-0.3, -0.25) is 4.79 Å². The average Bonchev–Trinajstić information content (AvgIpc) is 2.70. The second-order valence-electron chi connectivity index (χ2n) is 6.35. The van der Waals surface area contributed by atoms with E-state index in [1.54, 1.807) is 25.3 Å². The third-order valence-electron chi connectivity index (χ3n) is 4.56. The zero-order valence-electron chi connectivity index (χ0n) is 15.2. The molecule has 1 aromatic carbocycles.